The molecule has 0 amide bonds. The van der Waals surface area contributed by atoms with Crippen LogP contribution in [0.25, 0.3) is 5.69 Å². The molecule has 202 valence electrons. The van der Waals surface area contributed by atoms with Crippen molar-refractivity contribution in [2.24, 2.45) is 0 Å². The molecule has 4 aromatic rings. The molecule has 0 aliphatic carbocycles. The van der Waals surface area contributed by atoms with Gasteiger partial charge in [-0.25, -0.2) is 32.0 Å². The lowest BCUT2D eigenvalue weighted by atomic mass is 9.86. The molecule has 0 bridgehead atoms. The maximum absolute atomic E-state index is 14.8. The van der Waals surface area contributed by atoms with Crippen molar-refractivity contribution < 1.29 is 36.2 Å². The molecule has 2 heterocycles. The number of halogens is 6. The summed E-state index contributed by atoms with van der Waals surface area (Å²) in [5.74, 6) is -6.40. The third kappa shape index (κ3) is 5.27. The van der Waals surface area contributed by atoms with Gasteiger partial charge in [-0.05, 0) is 37.3 Å². The van der Waals surface area contributed by atoms with Crippen LogP contribution in [0.1, 0.15) is 18.5 Å². The van der Waals surface area contributed by atoms with E-state index in [0.717, 1.165) is 27.7 Å². The number of nitrogens with zero attached hydrogens (tertiary/aromatic N) is 6. The number of aromatic nitrogens is 6. The number of benzene rings is 2. The van der Waals surface area contributed by atoms with Gasteiger partial charge in [-0.1, -0.05) is 6.07 Å². The highest BCUT2D eigenvalue weighted by molar-refractivity contribution is 5.36. The summed E-state index contributed by atoms with van der Waals surface area (Å²) in [6.07, 6.45) is -0.337. The third-order valence-electron chi connectivity index (χ3n) is 5.90. The Morgan fingerprint density at radius 2 is 1.76 bits per heavy atom. The van der Waals surface area contributed by atoms with Gasteiger partial charge in [-0.3, -0.25) is 4.57 Å². The van der Waals surface area contributed by atoms with E-state index in [4.69, 9.17) is 4.74 Å². The Bertz CT molecular complexity index is 1440. The van der Waals surface area contributed by atoms with Gasteiger partial charge in [0.05, 0.1) is 18.3 Å². The van der Waals surface area contributed by atoms with Gasteiger partial charge in [0.1, 0.15) is 42.0 Å². The van der Waals surface area contributed by atoms with Gasteiger partial charge >= 0.3 is 18.0 Å². The van der Waals surface area contributed by atoms with Crippen LogP contribution >= 0.6 is 0 Å². The second-order valence-electron chi connectivity index (χ2n) is 8.39. The van der Waals surface area contributed by atoms with E-state index in [1.54, 1.807) is 0 Å². The summed E-state index contributed by atoms with van der Waals surface area (Å²) in [6.45, 7) is -0.475. The number of rotatable bonds is 10. The topological polar surface area (TPSA) is 100.0 Å². The van der Waals surface area contributed by atoms with Crippen molar-refractivity contribution >= 4 is 0 Å². The third-order valence-corrected chi connectivity index (χ3v) is 5.90. The van der Waals surface area contributed by atoms with Gasteiger partial charge in [0.2, 0.25) is 0 Å². The first-order valence-corrected chi connectivity index (χ1v) is 11.0. The van der Waals surface area contributed by atoms with Crippen LogP contribution < -0.4 is 10.4 Å². The zero-order chi connectivity index (χ0) is 27.7. The van der Waals surface area contributed by atoms with E-state index in [9.17, 15) is 36.2 Å². The van der Waals surface area contributed by atoms with Crippen molar-refractivity contribution in [1.82, 2.24) is 29.1 Å². The van der Waals surface area contributed by atoms with Crippen molar-refractivity contribution in [1.29, 1.82) is 0 Å². The fraction of sp³-hybridized carbons (Fsp3) is 0.304. The normalized spacial score (nSPS) is 14.4. The molecule has 2 aromatic heterocycles. The zero-order valence-corrected chi connectivity index (χ0v) is 19.6. The molecule has 0 aliphatic rings. The fourth-order valence-electron chi connectivity index (χ4n) is 3.76. The Morgan fingerprint density at radius 3 is 2.37 bits per heavy atom. The van der Waals surface area contributed by atoms with Crippen LogP contribution in [0.15, 0.2) is 66.2 Å². The van der Waals surface area contributed by atoms with Crippen molar-refractivity contribution in [3.05, 3.63) is 89.1 Å². The van der Waals surface area contributed by atoms with Crippen LogP contribution in [0.3, 0.4) is 0 Å². The first-order chi connectivity index (χ1) is 17.9. The van der Waals surface area contributed by atoms with Gasteiger partial charge in [-0.15, -0.1) is 0 Å². The quantitative estimate of drug-likeness (QED) is 0.309. The molecule has 9 nitrogen and oxygen atoms in total. The summed E-state index contributed by atoms with van der Waals surface area (Å²) in [5.41, 5.74) is -3.04. The summed E-state index contributed by atoms with van der Waals surface area (Å²) in [7, 11) is 0. The average molecular weight is 542 g/mol. The van der Waals surface area contributed by atoms with E-state index in [2.05, 4.69) is 15.2 Å². The number of alkyl halides is 4. The Hall–Kier alpha value is -4.14. The Labute approximate surface area is 210 Å². The van der Waals surface area contributed by atoms with Crippen LogP contribution in [0.4, 0.5) is 26.3 Å². The number of ether oxygens (including phenoxy) is 1. The van der Waals surface area contributed by atoms with Crippen LogP contribution in [-0.2, 0) is 12.1 Å². The van der Waals surface area contributed by atoms with Crippen LogP contribution in [-0.4, -0.2) is 53.2 Å². The highest BCUT2D eigenvalue weighted by Gasteiger charge is 2.42. The van der Waals surface area contributed by atoms with Gasteiger partial charge in [-0.2, -0.15) is 23.7 Å². The highest BCUT2D eigenvalue weighted by atomic mass is 19.3. The maximum atomic E-state index is 14.8. The molecule has 0 saturated carbocycles. The molecular formula is C23H20F6N6O3. The molecule has 2 atom stereocenters. The molecule has 4 rings (SSSR count). The summed E-state index contributed by atoms with van der Waals surface area (Å²) in [4.78, 5) is 17.0. The minimum atomic E-state index is -4.34. The van der Waals surface area contributed by atoms with Crippen LogP contribution in [0, 0.1) is 11.6 Å². The predicted octanol–water partition coefficient (Wildman–Crippen LogP) is 3.33. The average Bonchev–Trinajstić information content (AvgIpc) is 3.52. The molecule has 0 unspecified atom stereocenters. The monoisotopic (exact) mass is 542 g/mol. The van der Waals surface area contributed by atoms with Crippen molar-refractivity contribution in [2.45, 2.75) is 37.5 Å². The smallest absolute Gasteiger partial charge is 0.350 e. The predicted molar refractivity (Wildman–Crippen MR) is 119 cm³/mol. The summed E-state index contributed by atoms with van der Waals surface area (Å²) >= 11 is 0. The SMILES string of the molecule is C[C@@H](n1cnn(-c2ccc(OCC(F)(F)C(F)F)cc2)c1=O)[C@](O)(Cn1cncn1)c1ccc(F)cc1F. The fourth-order valence-corrected chi connectivity index (χ4v) is 3.76. The Balaban J connectivity index is 1.64. The molecule has 2 aromatic carbocycles. The lowest BCUT2D eigenvalue weighted by molar-refractivity contribution is -0.148. The number of hydrogen-bond acceptors (Lipinski definition) is 6. The van der Waals surface area contributed by atoms with E-state index in [1.165, 1.54) is 48.5 Å². The molecule has 0 spiro atoms. The number of aliphatic hydroxyl groups is 1. The molecule has 0 radical (unpaired) electrons. The summed E-state index contributed by atoms with van der Waals surface area (Å²) in [6, 6.07) is 6.37. The maximum Gasteiger partial charge on any atom is 0.350 e. The zero-order valence-electron chi connectivity index (χ0n) is 19.6. The second-order valence-corrected chi connectivity index (χ2v) is 8.39. The van der Waals surface area contributed by atoms with Crippen molar-refractivity contribution in [3.8, 4) is 11.4 Å². The van der Waals surface area contributed by atoms with Crippen molar-refractivity contribution in [2.75, 3.05) is 6.61 Å². The summed E-state index contributed by atoms with van der Waals surface area (Å²) < 4.78 is 87.0. The lowest BCUT2D eigenvalue weighted by Crippen LogP contribution is -2.43. The van der Waals surface area contributed by atoms with Gasteiger partial charge in [0, 0.05) is 11.6 Å². The molecule has 0 aliphatic heterocycles. The van der Waals surface area contributed by atoms with Gasteiger partial charge in [0.15, 0.2) is 6.61 Å². The van der Waals surface area contributed by atoms with E-state index in [1.807, 2.05) is 0 Å². The summed E-state index contributed by atoms with van der Waals surface area (Å²) in [5, 5.41) is 19.6. The minimum Gasteiger partial charge on any atom is -0.487 e. The lowest BCUT2D eigenvalue weighted by Gasteiger charge is -2.34. The van der Waals surface area contributed by atoms with Crippen molar-refractivity contribution in [3.63, 3.8) is 0 Å². The second kappa shape index (κ2) is 10.3. The largest absolute Gasteiger partial charge is 0.487 e. The van der Waals surface area contributed by atoms with Gasteiger partial charge in [0.25, 0.3) is 0 Å². The van der Waals surface area contributed by atoms with Crippen LogP contribution in [0.2, 0.25) is 0 Å². The minimum absolute atomic E-state index is 0.149. The first-order valence-electron chi connectivity index (χ1n) is 11.0. The molecule has 15 heteroatoms. The Morgan fingerprint density at radius 1 is 1.05 bits per heavy atom. The van der Waals surface area contributed by atoms with E-state index in [0.29, 0.717) is 6.07 Å². The number of hydrogen-bond donors (Lipinski definition) is 1. The highest BCUT2D eigenvalue weighted by Crippen LogP contribution is 2.36. The van der Waals surface area contributed by atoms with Crippen LogP contribution in [0.5, 0.6) is 5.75 Å². The molecule has 0 saturated heterocycles. The van der Waals surface area contributed by atoms with E-state index in [-0.39, 0.29) is 23.5 Å². The molecule has 38 heavy (non-hydrogen) atoms. The van der Waals surface area contributed by atoms with E-state index < -0.39 is 47.9 Å². The van der Waals surface area contributed by atoms with E-state index >= 15 is 0 Å². The Kier molecular flexibility index (Phi) is 7.31. The molecule has 1 N–H and O–H groups in total. The standard InChI is InChI=1S/C23H20F6N6O3/c1-14(22(37,9-33-12-30-11-31-33)18-7-2-15(24)8-19(18)25)34-13-32-35(21(34)36)16-3-5-17(6-4-16)38-10-23(28,29)20(26)27/h2-8,11-14,20,37H,9-10H2,1H3/t14-,22-/m1/s1. The first kappa shape index (κ1) is 26.9. The van der Waals surface area contributed by atoms with Gasteiger partial charge < -0.3 is 9.84 Å². The molecule has 0 fully saturated rings. The molecular weight excluding hydrogens is 522 g/mol.